The molecule has 14 heteroatoms. The molecule has 5 N–H and O–H groups in total. The normalized spacial score (nSPS) is 24.9. The van der Waals surface area contributed by atoms with Gasteiger partial charge in [0.05, 0.1) is 19.2 Å². The number of carbonyl (C=O) groups excluding carboxylic acids is 5. The van der Waals surface area contributed by atoms with E-state index in [1.807, 2.05) is 0 Å². The number of aromatic nitrogens is 3. The van der Waals surface area contributed by atoms with Crippen LogP contribution < -0.4 is 21.5 Å². The summed E-state index contributed by atoms with van der Waals surface area (Å²) in [5.41, 5.74) is 10.5. The van der Waals surface area contributed by atoms with E-state index in [4.69, 9.17) is 16.2 Å². The lowest BCUT2D eigenvalue weighted by Crippen LogP contribution is -2.64. The summed E-state index contributed by atoms with van der Waals surface area (Å²) in [6, 6.07) is 3.76. The Morgan fingerprint density at radius 1 is 1.06 bits per heavy atom. The fraction of sp³-hybridized carbons (Fsp3) is 0.409. The first-order chi connectivity index (χ1) is 17.2. The van der Waals surface area contributed by atoms with E-state index >= 15 is 0 Å². The molecule has 4 atom stereocenters. The molecule has 0 spiro atoms. The number of nitrogens with two attached hydrogens (primary N) is 2. The van der Waals surface area contributed by atoms with Gasteiger partial charge in [0.25, 0.3) is 17.7 Å². The van der Waals surface area contributed by atoms with Crippen molar-refractivity contribution in [2.75, 3.05) is 20.2 Å². The molecule has 0 aliphatic carbocycles. The topological polar surface area (TPSA) is 196 Å². The average molecular weight is 496 g/mol. The molecule has 3 fully saturated rings. The molecule has 0 saturated carbocycles. The van der Waals surface area contributed by atoms with Crippen molar-refractivity contribution in [3.05, 3.63) is 41.2 Å². The number of benzene rings is 1. The number of piperazine rings is 1. The van der Waals surface area contributed by atoms with E-state index in [9.17, 15) is 24.0 Å². The van der Waals surface area contributed by atoms with Gasteiger partial charge in [-0.1, -0.05) is 5.21 Å². The van der Waals surface area contributed by atoms with Gasteiger partial charge in [-0.2, -0.15) is 0 Å². The van der Waals surface area contributed by atoms with Crippen molar-refractivity contribution >= 4 is 29.5 Å². The van der Waals surface area contributed by atoms with Crippen molar-refractivity contribution in [1.82, 2.24) is 30.1 Å². The largest absolute Gasteiger partial charge is 0.497 e. The van der Waals surface area contributed by atoms with Gasteiger partial charge in [0, 0.05) is 25.1 Å². The zero-order chi connectivity index (χ0) is 25.7. The zero-order valence-corrected chi connectivity index (χ0v) is 19.3. The second kappa shape index (κ2) is 8.62. The molecular formula is C22H24N8O6. The maximum atomic E-state index is 13.5. The van der Waals surface area contributed by atoms with Gasteiger partial charge >= 0.3 is 0 Å². The molecule has 188 valence electrons. The van der Waals surface area contributed by atoms with Crippen LogP contribution in [0.2, 0.25) is 0 Å². The van der Waals surface area contributed by atoms with Crippen molar-refractivity contribution < 1.29 is 28.7 Å². The van der Waals surface area contributed by atoms with E-state index in [0.717, 1.165) is 4.68 Å². The highest BCUT2D eigenvalue weighted by molar-refractivity contribution is 6.04. The molecule has 4 heterocycles. The molecule has 0 bridgehead atoms. The second-order valence-corrected chi connectivity index (χ2v) is 8.93. The molecule has 5 amide bonds. The molecule has 0 radical (unpaired) electrons. The summed E-state index contributed by atoms with van der Waals surface area (Å²) in [4.78, 5) is 66.2. The molecule has 3 saturated heterocycles. The minimum Gasteiger partial charge on any atom is -0.497 e. The predicted molar refractivity (Wildman–Crippen MR) is 121 cm³/mol. The number of carbonyl (C=O) groups is 5. The van der Waals surface area contributed by atoms with Gasteiger partial charge in [0.15, 0.2) is 11.4 Å². The van der Waals surface area contributed by atoms with E-state index in [-0.39, 0.29) is 42.1 Å². The first-order valence-electron chi connectivity index (χ1n) is 11.3. The SMILES string of the molecule is COc1ccc(C(=O)NC2CCN3C(=O)C4CC(n5nnc(C(N)=O)c5C(N)=O)CN4C(=O)C23)cc1. The van der Waals surface area contributed by atoms with Gasteiger partial charge in [-0.3, -0.25) is 24.0 Å². The van der Waals surface area contributed by atoms with Crippen LogP contribution in [0, 0.1) is 0 Å². The number of ether oxygens (including phenoxy) is 1. The van der Waals surface area contributed by atoms with E-state index in [0.29, 0.717) is 24.3 Å². The Morgan fingerprint density at radius 2 is 1.78 bits per heavy atom. The number of hydrogen-bond acceptors (Lipinski definition) is 8. The number of amides is 5. The Kier molecular flexibility index (Phi) is 5.57. The molecule has 2 aromatic rings. The molecule has 4 unspecified atom stereocenters. The summed E-state index contributed by atoms with van der Waals surface area (Å²) in [5.74, 6) is -2.23. The predicted octanol–water partition coefficient (Wildman–Crippen LogP) is -1.96. The van der Waals surface area contributed by atoms with E-state index < -0.39 is 36.0 Å². The Morgan fingerprint density at radius 3 is 2.42 bits per heavy atom. The fourth-order valence-electron chi connectivity index (χ4n) is 5.26. The molecule has 5 rings (SSSR count). The lowest BCUT2D eigenvalue weighted by atomic mass is 10.0. The van der Waals surface area contributed by atoms with Crippen LogP contribution in [0.4, 0.5) is 0 Å². The zero-order valence-electron chi connectivity index (χ0n) is 19.3. The highest BCUT2D eigenvalue weighted by Gasteiger charge is 2.55. The van der Waals surface area contributed by atoms with E-state index in [1.165, 1.54) is 16.9 Å². The van der Waals surface area contributed by atoms with Crippen molar-refractivity contribution in [2.24, 2.45) is 11.5 Å². The van der Waals surface area contributed by atoms with Gasteiger partial charge < -0.3 is 31.3 Å². The number of nitrogens with one attached hydrogen (secondary N) is 1. The highest BCUT2D eigenvalue weighted by Crippen LogP contribution is 2.37. The number of primary amides is 2. The third-order valence-corrected chi connectivity index (χ3v) is 6.96. The molecule has 1 aromatic carbocycles. The lowest BCUT2D eigenvalue weighted by Gasteiger charge is -2.40. The van der Waals surface area contributed by atoms with E-state index in [1.54, 1.807) is 24.3 Å². The number of rotatable bonds is 6. The van der Waals surface area contributed by atoms with Crippen molar-refractivity contribution in [1.29, 1.82) is 0 Å². The standard InChI is InChI=1S/C22H24N8O6/c1-36-12-4-2-10(3-5-12)20(33)25-13-6-7-28-16(13)22(35)29-9-11(8-14(29)21(28)34)30-17(19(24)32)15(18(23)31)26-27-30/h2-5,11,13-14,16H,6-9H2,1H3,(H2,23,31)(H2,24,32)(H,25,33). The maximum absolute atomic E-state index is 13.5. The maximum Gasteiger partial charge on any atom is 0.271 e. The molecule has 3 aliphatic rings. The quantitative estimate of drug-likeness (QED) is 0.410. The number of hydrogen-bond donors (Lipinski definition) is 3. The first-order valence-corrected chi connectivity index (χ1v) is 11.3. The van der Waals surface area contributed by atoms with Crippen LogP contribution in [0.15, 0.2) is 24.3 Å². The summed E-state index contributed by atoms with van der Waals surface area (Å²) in [7, 11) is 1.53. The molecule has 14 nitrogen and oxygen atoms in total. The van der Waals surface area contributed by atoms with Gasteiger partial charge in [0.2, 0.25) is 11.8 Å². The van der Waals surface area contributed by atoms with Gasteiger partial charge in [0.1, 0.15) is 17.8 Å². The third-order valence-electron chi connectivity index (χ3n) is 6.96. The van der Waals surface area contributed by atoms with Crippen molar-refractivity contribution in [3.63, 3.8) is 0 Å². The van der Waals surface area contributed by atoms with Crippen LogP contribution in [0.3, 0.4) is 0 Å². The Bertz CT molecular complexity index is 1270. The van der Waals surface area contributed by atoms with Crippen LogP contribution in [-0.4, -0.2) is 92.7 Å². The Hall–Kier alpha value is -4.49. The molecular weight excluding hydrogens is 472 g/mol. The van der Waals surface area contributed by atoms with E-state index in [2.05, 4.69) is 15.6 Å². The highest BCUT2D eigenvalue weighted by atomic mass is 16.5. The molecule has 1 aromatic heterocycles. The van der Waals surface area contributed by atoms with Gasteiger partial charge in [-0.25, -0.2) is 4.68 Å². The number of nitrogens with zero attached hydrogens (tertiary/aromatic N) is 5. The van der Waals surface area contributed by atoms with Gasteiger partial charge in [-0.05, 0) is 30.7 Å². The van der Waals surface area contributed by atoms with Crippen molar-refractivity contribution in [3.8, 4) is 5.75 Å². The fourth-order valence-corrected chi connectivity index (χ4v) is 5.26. The summed E-state index contributed by atoms with van der Waals surface area (Å²) < 4.78 is 6.27. The first kappa shape index (κ1) is 23.3. The van der Waals surface area contributed by atoms with Crippen LogP contribution >= 0.6 is 0 Å². The average Bonchev–Trinajstić information content (AvgIpc) is 3.59. The monoisotopic (exact) mass is 496 g/mol. The summed E-state index contributed by atoms with van der Waals surface area (Å²) in [6.07, 6.45) is 0.601. The third kappa shape index (κ3) is 3.61. The molecule has 36 heavy (non-hydrogen) atoms. The lowest BCUT2D eigenvalue weighted by molar-refractivity contribution is -0.157. The van der Waals surface area contributed by atoms with Crippen LogP contribution in [-0.2, 0) is 9.59 Å². The molecule has 3 aliphatic heterocycles. The van der Waals surface area contributed by atoms with Crippen LogP contribution in [0.1, 0.15) is 50.2 Å². The van der Waals surface area contributed by atoms with Crippen LogP contribution in [0.25, 0.3) is 0 Å². The minimum atomic E-state index is -0.964. The summed E-state index contributed by atoms with van der Waals surface area (Å²) >= 11 is 0. The summed E-state index contributed by atoms with van der Waals surface area (Å²) in [5, 5.41) is 10.4. The Balaban J connectivity index is 1.36. The number of methoxy groups -OCH3 is 1. The minimum absolute atomic E-state index is 0.0561. The number of fused-ring (bicyclic) bond motifs is 2. The Labute approximate surface area is 204 Å². The smallest absolute Gasteiger partial charge is 0.271 e. The summed E-state index contributed by atoms with van der Waals surface area (Å²) in [6.45, 7) is 0.375. The van der Waals surface area contributed by atoms with Crippen molar-refractivity contribution in [2.45, 2.75) is 37.0 Å². The second-order valence-electron chi connectivity index (χ2n) is 8.93. The van der Waals surface area contributed by atoms with Gasteiger partial charge in [-0.15, -0.1) is 5.10 Å². The van der Waals surface area contributed by atoms with Crippen LogP contribution in [0.5, 0.6) is 5.75 Å².